The van der Waals surface area contributed by atoms with Crippen molar-refractivity contribution in [2.75, 3.05) is 25.9 Å². The Hall–Kier alpha value is -0.760. The third-order valence-electron chi connectivity index (χ3n) is 4.35. The van der Waals surface area contributed by atoms with Crippen molar-refractivity contribution in [3.8, 4) is 0 Å². The van der Waals surface area contributed by atoms with Crippen molar-refractivity contribution >= 4 is 21.9 Å². The van der Waals surface area contributed by atoms with Crippen LogP contribution in [-0.4, -0.2) is 49.8 Å². The van der Waals surface area contributed by atoms with E-state index in [4.69, 9.17) is 4.55 Å². The summed E-state index contributed by atoms with van der Waals surface area (Å²) in [5.74, 6) is 0. The van der Waals surface area contributed by atoms with Gasteiger partial charge in [0.05, 0.1) is 18.0 Å². The van der Waals surface area contributed by atoms with Crippen molar-refractivity contribution in [2.24, 2.45) is 0 Å². The largest absolute Gasteiger partial charge is 0.360 e. The van der Waals surface area contributed by atoms with E-state index in [1.165, 1.54) is 32.2 Å². The minimum atomic E-state index is -3.67. The molecule has 1 unspecified atom stereocenters. The predicted octanol–water partition coefficient (Wildman–Crippen LogP) is 2.12. The molecule has 0 spiro atoms. The lowest BCUT2D eigenvalue weighted by molar-refractivity contribution is 0.299. The molecule has 0 aromatic carbocycles. The van der Waals surface area contributed by atoms with Crippen LogP contribution in [0.5, 0.6) is 0 Å². The zero-order valence-electron chi connectivity index (χ0n) is 12.7. The number of nitrogens with one attached hydrogen (secondary N) is 1. The fraction of sp³-hybridized carbons (Fsp3) is 0.600. The first-order chi connectivity index (χ1) is 10.4. The molecular formula is C15H22N2O3S2. The van der Waals surface area contributed by atoms with Gasteiger partial charge in [0.2, 0.25) is 0 Å². The molecule has 0 aromatic heterocycles. The van der Waals surface area contributed by atoms with Crippen molar-refractivity contribution < 1.29 is 13.0 Å². The summed E-state index contributed by atoms with van der Waals surface area (Å²) in [5, 5.41) is 5.85. The highest BCUT2D eigenvalue weighted by Crippen LogP contribution is 2.47. The van der Waals surface area contributed by atoms with Gasteiger partial charge in [-0.2, -0.15) is 8.42 Å². The van der Waals surface area contributed by atoms with E-state index in [9.17, 15) is 8.42 Å². The molecule has 0 radical (unpaired) electrons. The molecule has 2 N–H and O–H groups in total. The van der Waals surface area contributed by atoms with Gasteiger partial charge < -0.3 is 10.2 Å². The number of fused-ring (bicyclic) bond motifs is 2. The maximum atomic E-state index is 9.19. The third-order valence-corrected chi connectivity index (χ3v) is 5.36. The van der Waals surface area contributed by atoms with E-state index in [1.54, 1.807) is 21.7 Å². The number of rotatable bonds is 0. The minimum Gasteiger partial charge on any atom is -0.360 e. The fourth-order valence-electron chi connectivity index (χ4n) is 3.66. The molecule has 1 aliphatic carbocycles. The lowest BCUT2D eigenvalue weighted by Crippen LogP contribution is -2.40. The Kier molecular flexibility index (Phi) is 4.68. The second-order valence-corrected chi connectivity index (χ2v) is 8.45. The molecule has 1 saturated heterocycles. The Balaban J connectivity index is 0.000000254. The molecule has 0 amide bonds. The van der Waals surface area contributed by atoms with E-state index in [0.29, 0.717) is 12.3 Å². The first-order valence-corrected chi connectivity index (χ1v) is 10.3. The molecule has 122 valence electrons. The molecule has 4 aliphatic rings. The number of hydrogen-bond acceptors (Lipinski definition) is 5. The third kappa shape index (κ3) is 3.42. The summed E-state index contributed by atoms with van der Waals surface area (Å²) in [7, 11) is -3.67. The summed E-state index contributed by atoms with van der Waals surface area (Å²) in [6, 6.07) is 0.706. The van der Waals surface area contributed by atoms with E-state index in [-0.39, 0.29) is 0 Å². The van der Waals surface area contributed by atoms with Gasteiger partial charge in [0, 0.05) is 18.0 Å². The summed E-state index contributed by atoms with van der Waals surface area (Å²) in [6.07, 6.45) is 8.28. The van der Waals surface area contributed by atoms with Crippen LogP contribution in [0.25, 0.3) is 0 Å². The van der Waals surface area contributed by atoms with Gasteiger partial charge in [-0.05, 0) is 48.8 Å². The van der Waals surface area contributed by atoms with Crippen LogP contribution in [0.4, 0.5) is 0 Å². The zero-order chi connectivity index (χ0) is 15.7. The lowest BCUT2D eigenvalue weighted by Gasteiger charge is -2.32. The first-order valence-electron chi connectivity index (χ1n) is 7.62. The van der Waals surface area contributed by atoms with Crippen molar-refractivity contribution in [3.05, 3.63) is 33.2 Å². The highest BCUT2D eigenvalue weighted by Gasteiger charge is 2.39. The van der Waals surface area contributed by atoms with Crippen LogP contribution in [0.1, 0.15) is 25.7 Å². The normalized spacial score (nSPS) is 27.0. The number of allylic oxidation sites excluding steroid dienone is 2. The number of nitrogens with zero attached hydrogens (tertiary/aromatic N) is 1. The minimum absolute atomic E-state index is 0.706. The summed E-state index contributed by atoms with van der Waals surface area (Å²) < 4.78 is 25.9. The van der Waals surface area contributed by atoms with Gasteiger partial charge in [0.1, 0.15) is 0 Å². The molecule has 22 heavy (non-hydrogen) atoms. The number of piperidine rings is 1. The SMILES string of the molecule is C1=CSC2=C3C(=C4CNCCC4N3C1)CCC2.CS(=O)(=O)O. The molecule has 3 heterocycles. The molecular weight excluding hydrogens is 320 g/mol. The van der Waals surface area contributed by atoms with Gasteiger partial charge in [-0.25, -0.2) is 0 Å². The Labute approximate surface area is 136 Å². The molecule has 3 aliphatic heterocycles. The molecule has 1 atom stereocenters. The van der Waals surface area contributed by atoms with E-state index in [1.807, 2.05) is 11.8 Å². The molecule has 0 aromatic rings. The summed E-state index contributed by atoms with van der Waals surface area (Å²) in [4.78, 5) is 4.30. The van der Waals surface area contributed by atoms with Gasteiger partial charge >= 0.3 is 0 Å². The van der Waals surface area contributed by atoms with Crippen molar-refractivity contribution in [1.82, 2.24) is 10.2 Å². The summed E-state index contributed by atoms with van der Waals surface area (Å²) >= 11 is 1.96. The van der Waals surface area contributed by atoms with Crippen LogP contribution < -0.4 is 5.32 Å². The van der Waals surface area contributed by atoms with Crippen LogP contribution in [0.3, 0.4) is 0 Å². The van der Waals surface area contributed by atoms with E-state index in [2.05, 4.69) is 21.7 Å². The quantitative estimate of drug-likeness (QED) is 0.657. The van der Waals surface area contributed by atoms with Crippen LogP contribution in [0.2, 0.25) is 0 Å². The van der Waals surface area contributed by atoms with Crippen LogP contribution >= 0.6 is 11.8 Å². The second kappa shape index (κ2) is 6.39. The van der Waals surface area contributed by atoms with Gasteiger partial charge in [-0.15, -0.1) is 11.8 Å². The predicted molar refractivity (Wildman–Crippen MR) is 90.1 cm³/mol. The molecule has 4 rings (SSSR count). The standard InChI is InChI=1S/C14H18N2S.CH4O3S/c1-3-10-11-9-15-6-5-12(11)16-7-2-8-17-13(4-1)14(10)16;1-5(2,3)4/h2,8,12,15H,1,3-7,9H2;1H3,(H,2,3,4). The molecule has 0 saturated carbocycles. The molecule has 7 heteroatoms. The first kappa shape index (κ1) is 16.1. The van der Waals surface area contributed by atoms with Crippen molar-refractivity contribution in [1.29, 1.82) is 0 Å². The zero-order valence-corrected chi connectivity index (χ0v) is 14.3. The van der Waals surface area contributed by atoms with Gasteiger partial charge in [-0.3, -0.25) is 4.55 Å². The molecule has 1 fully saturated rings. The van der Waals surface area contributed by atoms with E-state index < -0.39 is 10.1 Å². The molecule has 5 nitrogen and oxygen atoms in total. The Morgan fingerprint density at radius 3 is 2.95 bits per heavy atom. The highest BCUT2D eigenvalue weighted by molar-refractivity contribution is 8.05. The lowest BCUT2D eigenvalue weighted by atomic mass is 9.93. The van der Waals surface area contributed by atoms with Crippen LogP contribution in [0.15, 0.2) is 33.2 Å². The maximum absolute atomic E-state index is 9.19. The topological polar surface area (TPSA) is 69.6 Å². The summed E-state index contributed by atoms with van der Waals surface area (Å²) in [6.45, 7) is 3.42. The maximum Gasteiger partial charge on any atom is 0.261 e. The van der Waals surface area contributed by atoms with Gasteiger partial charge in [-0.1, -0.05) is 6.08 Å². The smallest absolute Gasteiger partial charge is 0.261 e. The average Bonchev–Trinajstić information content (AvgIpc) is 2.62. The number of thioether (sulfide) groups is 1. The second-order valence-electron chi connectivity index (χ2n) is 5.99. The number of hydrogen-bond donors (Lipinski definition) is 2. The van der Waals surface area contributed by atoms with E-state index >= 15 is 0 Å². The Morgan fingerprint density at radius 1 is 1.41 bits per heavy atom. The average molecular weight is 342 g/mol. The van der Waals surface area contributed by atoms with Gasteiger partial charge in [0.25, 0.3) is 10.1 Å². The van der Waals surface area contributed by atoms with E-state index in [0.717, 1.165) is 13.1 Å². The highest BCUT2D eigenvalue weighted by atomic mass is 32.2. The summed E-state index contributed by atoms with van der Waals surface area (Å²) in [5.41, 5.74) is 5.02. The van der Waals surface area contributed by atoms with Crippen molar-refractivity contribution in [3.63, 3.8) is 0 Å². The van der Waals surface area contributed by atoms with Gasteiger partial charge in [0.15, 0.2) is 0 Å². The molecule has 0 bridgehead atoms. The van der Waals surface area contributed by atoms with Crippen LogP contribution in [-0.2, 0) is 10.1 Å². The fourth-order valence-corrected chi connectivity index (χ4v) is 4.62. The monoisotopic (exact) mass is 342 g/mol. The Morgan fingerprint density at radius 2 is 2.18 bits per heavy atom. The Bertz CT molecular complexity index is 642. The van der Waals surface area contributed by atoms with Crippen molar-refractivity contribution in [2.45, 2.75) is 31.7 Å². The van der Waals surface area contributed by atoms with Crippen LogP contribution in [0, 0.1) is 0 Å².